The van der Waals surface area contributed by atoms with Crippen molar-refractivity contribution in [3.63, 3.8) is 0 Å². The van der Waals surface area contributed by atoms with E-state index in [1.165, 1.54) is 5.56 Å². The molecule has 0 bridgehead atoms. The van der Waals surface area contributed by atoms with Gasteiger partial charge in [-0.15, -0.1) is 0 Å². The van der Waals surface area contributed by atoms with Crippen molar-refractivity contribution in [1.82, 2.24) is 4.90 Å². The standard InChI is InChI=1S/C22H23NO3/c1-4-15-5-7-16(8-6-15)11-20-21(24)17-9-10-19-18(22(17)26-20)12-23(13-25-19)14(2)3/h5-11,14H,4,12-13H2,1-3H3/b20-11-. The fourth-order valence-corrected chi connectivity index (χ4v) is 3.31. The predicted molar refractivity (Wildman–Crippen MR) is 101 cm³/mol. The second-order valence-electron chi connectivity index (χ2n) is 7.07. The minimum Gasteiger partial charge on any atom is -0.478 e. The van der Waals surface area contributed by atoms with Gasteiger partial charge < -0.3 is 9.47 Å². The first kappa shape index (κ1) is 16.9. The molecule has 0 saturated carbocycles. The number of nitrogens with zero attached hydrogens (tertiary/aromatic N) is 1. The Morgan fingerprint density at radius 1 is 1.15 bits per heavy atom. The van der Waals surface area contributed by atoms with Gasteiger partial charge in [-0.2, -0.15) is 0 Å². The van der Waals surface area contributed by atoms with E-state index in [1.807, 2.05) is 30.3 Å². The summed E-state index contributed by atoms with van der Waals surface area (Å²) in [5.74, 6) is 1.76. The number of hydrogen-bond acceptors (Lipinski definition) is 4. The predicted octanol–water partition coefficient (Wildman–Crippen LogP) is 4.43. The highest BCUT2D eigenvalue weighted by Crippen LogP contribution is 2.42. The van der Waals surface area contributed by atoms with Gasteiger partial charge in [0.1, 0.15) is 18.2 Å². The molecular weight excluding hydrogens is 326 g/mol. The van der Waals surface area contributed by atoms with Crippen LogP contribution in [0.25, 0.3) is 6.08 Å². The van der Waals surface area contributed by atoms with Crippen LogP contribution in [0.1, 0.15) is 47.8 Å². The molecule has 0 atom stereocenters. The van der Waals surface area contributed by atoms with Crippen molar-refractivity contribution in [1.29, 1.82) is 0 Å². The lowest BCUT2D eigenvalue weighted by Gasteiger charge is -2.32. The summed E-state index contributed by atoms with van der Waals surface area (Å²) in [7, 11) is 0. The molecule has 0 amide bonds. The number of fused-ring (bicyclic) bond motifs is 3. The average molecular weight is 349 g/mol. The summed E-state index contributed by atoms with van der Waals surface area (Å²) in [5.41, 5.74) is 3.82. The first-order chi connectivity index (χ1) is 12.6. The number of rotatable bonds is 3. The van der Waals surface area contributed by atoms with Crippen molar-refractivity contribution in [2.45, 2.75) is 39.8 Å². The molecule has 4 heteroatoms. The molecule has 0 fully saturated rings. The van der Waals surface area contributed by atoms with Gasteiger partial charge in [0.2, 0.25) is 5.78 Å². The molecule has 4 nitrogen and oxygen atoms in total. The molecule has 0 saturated heterocycles. The van der Waals surface area contributed by atoms with Gasteiger partial charge in [0.15, 0.2) is 5.76 Å². The summed E-state index contributed by atoms with van der Waals surface area (Å²) in [5, 5.41) is 0. The summed E-state index contributed by atoms with van der Waals surface area (Å²) < 4.78 is 11.9. The Kier molecular flexibility index (Phi) is 4.29. The zero-order valence-corrected chi connectivity index (χ0v) is 15.4. The first-order valence-electron chi connectivity index (χ1n) is 9.12. The second-order valence-corrected chi connectivity index (χ2v) is 7.07. The molecule has 4 rings (SSSR count). The molecule has 26 heavy (non-hydrogen) atoms. The highest BCUT2D eigenvalue weighted by Gasteiger charge is 2.33. The van der Waals surface area contributed by atoms with Crippen molar-refractivity contribution < 1.29 is 14.3 Å². The zero-order chi connectivity index (χ0) is 18.3. The minimum atomic E-state index is -0.0657. The number of allylic oxidation sites excluding steroid dienone is 1. The third-order valence-electron chi connectivity index (χ3n) is 5.06. The van der Waals surface area contributed by atoms with E-state index in [4.69, 9.17) is 9.47 Å². The molecular formula is C22H23NO3. The minimum absolute atomic E-state index is 0.0657. The van der Waals surface area contributed by atoms with Gasteiger partial charge in [-0.1, -0.05) is 31.2 Å². The molecule has 0 unspecified atom stereocenters. The summed E-state index contributed by atoms with van der Waals surface area (Å²) in [4.78, 5) is 15.0. The lowest BCUT2D eigenvalue weighted by molar-refractivity contribution is 0.0674. The van der Waals surface area contributed by atoms with Gasteiger partial charge in [-0.25, -0.2) is 0 Å². The maximum atomic E-state index is 12.8. The zero-order valence-electron chi connectivity index (χ0n) is 15.4. The monoisotopic (exact) mass is 349 g/mol. The van der Waals surface area contributed by atoms with Gasteiger partial charge in [0, 0.05) is 12.6 Å². The molecule has 2 aromatic carbocycles. The number of hydrogen-bond donors (Lipinski definition) is 0. The lowest BCUT2D eigenvalue weighted by atomic mass is 10.0. The Balaban J connectivity index is 1.67. The SMILES string of the molecule is CCc1ccc(/C=C2\Oc3c(ccc4c3CN(C(C)C)CO4)C2=O)cc1. The van der Waals surface area contributed by atoms with Crippen LogP contribution in [0.4, 0.5) is 0 Å². The van der Waals surface area contributed by atoms with E-state index < -0.39 is 0 Å². The molecule has 2 aliphatic rings. The quantitative estimate of drug-likeness (QED) is 0.769. The number of carbonyl (C=O) groups is 1. The van der Waals surface area contributed by atoms with Gasteiger partial charge in [-0.05, 0) is 49.6 Å². The number of benzene rings is 2. The fourth-order valence-electron chi connectivity index (χ4n) is 3.31. The summed E-state index contributed by atoms with van der Waals surface area (Å²) >= 11 is 0. The highest BCUT2D eigenvalue weighted by molar-refractivity contribution is 6.15. The van der Waals surface area contributed by atoms with E-state index in [2.05, 4.69) is 37.8 Å². The molecule has 2 heterocycles. The van der Waals surface area contributed by atoms with Gasteiger partial charge in [0.25, 0.3) is 0 Å². The first-order valence-corrected chi connectivity index (χ1v) is 9.12. The van der Waals surface area contributed by atoms with Crippen molar-refractivity contribution in [3.8, 4) is 11.5 Å². The lowest BCUT2D eigenvalue weighted by Crippen LogP contribution is -2.37. The maximum absolute atomic E-state index is 12.8. The normalized spacial score (nSPS) is 17.8. The van der Waals surface area contributed by atoms with Crippen LogP contribution in [0.5, 0.6) is 11.5 Å². The molecule has 134 valence electrons. The molecule has 2 aliphatic heterocycles. The molecule has 0 N–H and O–H groups in total. The Labute approximate surface area is 154 Å². The second kappa shape index (κ2) is 6.61. The van der Waals surface area contributed by atoms with Crippen LogP contribution in [0.2, 0.25) is 0 Å². The van der Waals surface area contributed by atoms with Gasteiger partial charge >= 0.3 is 0 Å². The molecule has 0 radical (unpaired) electrons. The third-order valence-corrected chi connectivity index (χ3v) is 5.06. The highest BCUT2D eigenvalue weighted by atomic mass is 16.5. The van der Waals surface area contributed by atoms with Gasteiger partial charge in [-0.3, -0.25) is 9.69 Å². The number of ketones is 1. The van der Waals surface area contributed by atoms with Crippen LogP contribution in [-0.2, 0) is 13.0 Å². The van der Waals surface area contributed by atoms with Crippen LogP contribution in [0.3, 0.4) is 0 Å². The Bertz CT molecular complexity index is 881. The smallest absolute Gasteiger partial charge is 0.231 e. The summed E-state index contributed by atoms with van der Waals surface area (Å²) in [6.45, 7) is 7.68. The van der Waals surface area contributed by atoms with E-state index >= 15 is 0 Å². The van der Waals surface area contributed by atoms with Gasteiger partial charge in [0.05, 0.1) is 11.1 Å². The molecule has 0 aliphatic carbocycles. The van der Waals surface area contributed by atoms with Crippen molar-refractivity contribution >= 4 is 11.9 Å². The van der Waals surface area contributed by atoms with Crippen molar-refractivity contribution in [2.24, 2.45) is 0 Å². The number of carbonyl (C=O) groups excluding carboxylic acids is 1. The Hall–Kier alpha value is -2.59. The molecule has 0 aromatic heterocycles. The van der Waals surface area contributed by atoms with E-state index in [0.717, 1.165) is 29.8 Å². The summed E-state index contributed by atoms with van der Waals surface area (Å²) in [6, 6.07) is 12.2. The molecule has 2 aromatic rings. The van der Waals surface area contributed by atoms with Crippen LogP contribution in [0.15, 0.2) is 42.2 Å². The average Bonchev–Trinajstić information content (AvgIpc) is 2.98. The largest absolute Gasteiger partial charge is 0.478 e. The van der Waals surface area contributed by atoms with Crippen LogP contribution in [0, 0.1) is 0 Å². The number of Topliss-reactive ketones (excluding diaryl/α,β-unsaturated/α-hetero) is 1. The number of aryl methyl sites for hydroxylation is 1. The summed E-state index contributed by atoms with van der Waals surface area (Å²) in [6.07, 6.45) is 2.81. The van der Waals surface area contributed by atoms with Crippen molar-refractivity contribution in [2.75, 3.05) is 6.73 Å². The van der Waals surface area contributed by atoms with Crippen LogP contribution in [-0.4, -0.2) is 23.5 Å². The van der Waals surface area contributed by atoms with Crippen LogP contribution >= 0.6 is 0 Å². The van der Waals surface area contributed by atoms with E-state index in [1.54, 1.807) is 0 Å². The Morgan fingerprint density at radius 3 is 2.62 bits per heavy atom. The van der Waals surface area contributed by atoms with Crippen molar-refractivity contribution in [3.05, 3.63) is 64.4 Å². The Morgan fingerprint density at radius 2 is 1.92 bits per heavy atom. The topological polar surface area (TPSA) is 38.8 Å². The van der Waals surface area contributed by atoms with E-state index in [0.29, 0.717) is 29.8 Å². The van der Waals surface area contributed by atoms with E-state index in [9.17, 15) is 4.79 Å². The third kappa shape index (κ3) is 2.90. The van der Waals surface area contributed by atoms with Crippen LogP contribution < -0.4 is 9.47 Å². The number of ether oxygens (including phenoxy) is 2. The fraction of sp³-hybridized carbons (Fsp3) is 0.318. The molecule has 0 spiro atoms. The van der Waals surface area contributed by atoms with E-state index in [-0.39, 0.29) is 5.78 Å². The maximum Gasteiger partial charge on any atom is 0.231 e.